The van der Waals surface area contributed by atoms with Gasteiger partial charge in [0.1, 0.15) is 11.6 Å². The molecule has 0 aliphatic heterocycles. The topological polar surface area (TPSA) is 77.2 Å². The number of rotatable bonds is 7. The summed E-state index contributed by atoms with van der Waals surface area (Å²) in [4.78, 5) is 16.2. The van der Waals surface area contributed by atoms with Gasteiger partial charge in [-0.1, -0.05) is 23.4 Å². The highest BCUT2D eigenvalue weighted by Crippen LogP contribution is 2.20. The molecule has 0 unspecified atom stereocenters. The van der Waals surface area contributed by atoms with E-state index in [1.165, 1.54) is 6.07 Å². The molecule has 7 heteroatoms. The number of benzene rings is 2. The van der Waals surface area contributed by atoms with E-state index in [2.05, 4.69) is 15.5 Å². The van der Waals surface area contributed by atoms with Crippen LogP contribution in [0.5, 0.6) is 5.75 Å². The molecule has 0 aliphatic carbocycles. The Morgan fingerprint density at radius 3 is 2.69 bits per heavy atom. The Bertz CT molecular complexity index is 878. The summed E-state index contributed by atoms with van der Waals surface area (Å²) in [6, 6.07) is 13.6. The first-order valence-corrected chi connectivity index (χ1v) is 8.13. The van der Waals surface area contributed by atoms with Gasteiger partial charge in [0.25, 0.3) is 0 Å². The second-order valence-corrected chi connectivity index (χ2v) is 5.61. The summed E-state index contributed by atoms with van der Waals surface area (Å²) in [6.45, 7) is 0.145. The van der Waals surface area contributed by atoms with E-state index >= 15 is 0 Å². The van der Waals surface area contributed by atoms with Crippen LogP contribution in [-0.4, -0.2) is 23.2 Å². The molecule has 2 aromatic carbocycles. The molecule has 1 aromatic heterocycles. The lowest BCUT2D eigenvalue weighted by Crippen LogP contribution is -2.23. The molecule has 3 aromatic rings. The van der Waals surface area contributed by atoms with Crippen LogP contribution in [0.2, 0.25) is 0 Å². The fourth-order valence-electron chi connectivity index (χ4n) is 2.36. The second-order valence-electron chi connectivity index (χ2n) is 5.61. The fourth-order valence-corrected chi connectivity index (χ4v) is 2.36. The molecule has 1 amide bonds. The lowest BCUT2D eigenvalue weighted by atomic mass is 10.2. The third-order valence-electron chi connectivity index (χ3n) is 3.82. The largest absolute Gasteiger partial charge is 0.497 e. The van der Waals surface area contributed by atoms with Crippen LogP contribution in [0.15, 0.2) is 53.1 Å². The van der Waals surface area contributed by atoms with Crippen LogP contribution in [0.4, 0.5) is 4.39 Å². The molecular weight excluding hydrogens is 337 g/mol. The molecule has 0 fully saturated rings. The van der Waals surface area contributed by atoms with Crippen molar-refractivity contribution < 1.29 is 18.4 Å². The van der Waals surface area contributed by atoms with Gasteiger partial charge in [-0.3, -0.25) is 4.79 Å². The number of aryl methyl sites for hydroxylation is 1. The van der Waals surface area contributed by atoms with Crippen molar-refractivity contribution in [3.05, 3.63) is 65.8 Å². The number of carbonyl (C=O) groups excluding carboxylic acids is 1. The van der Waals surface area contributed by atoms with Gasteiger partial charge >= 0.3 is 0 Å². The van der Waals surface area contributed by atoms with Crippen LogP contribution in [0.1, 0.15) is 17.9 Å². The second kappa shape index (κ2) is 8.24. The van der Waals surface area contributed by atoms with E-state index in [9.17, 15) is 9.18 Å². The van der Waals surface area contributed by atoms with Gasteiger partial charge in [-0.05, 0) is 30.3 Å². The lowest BCUT2D eigenvalue weighted by molar-refractivity contribution is -0.121. The van der Waals surface area contributed by atoms with E-state index in [-0.39, 0.29) is 24.7 Å². The van der Waals surface area contributed by atoms with E-state index in [1.807, 2.05) is 24.3 Å². The van der Waals surface area contributed by atoms with E-state index in [4.69, 9.17) is 9.26 Å². The summed E-state index contributed by atoms with van der Waals surface area (Å²) in [5, 5.41) is 6.60. The number of hydrogen-bond acceptors (Lipinski definition) is 5. The summed E-state index contributed by atoms with van der Waals surface area (Å²) >= 11 is 0. The Morgan fingerprint density at radius 1 is 1.19 bits per heavy atom. The van der Waals surface area contributed by atoms with Gasteiger partial charge in [-0.2, -0.15) is 4.98 Å². The zero-order valence-corrected chi connectivity index (χ0v) is 14.2. The number of carbonyl (C=O) groups is 1. The highest BCUT2D eigenvalue weighted by atomic mass is 19.1. The molecule has 26 heavy (non-hydrogen) atoms. The van der Waals surface area contributed by atoms with E-state index in [0.29, 0.717) is 23.7 Å². The Morgan fingerprint density at radius 2 is 1.96 bits per heavy atom. The van der Waals surface area contributed by atoms with Crippen molar-refractivity contribution >= 4 is 5.91 Å². The molecule has 134 valence electrons. The van der Waals surface area contributed by atoms with Crippen LogP contribution in [0.3, 0.4) is 0 Å². The molecule has 0 aliphatic rings. The third-order valence-corrected chi connectivity index (χ3v) is 3.82. The Kier molecular flexibility index (Phi) is 5.58. The van der Waals surface area contributed by atoms with Gasteiger partial charge in [0.05, 0.1) is 7.11 Å². The molecule has 0 bridgehead atoms. The summed E-state index contributed by atoms with van der Waals surface area (Å²) in [5.41, 5.74) is 1.24. The summed E-state index contributed by atoms with van der Waals surface area (Å²) < 4.78 is 23.8. The summed E-state index contributed by atoms with van der Waals surface area (Å²) in [7, 11) is 1.60. The predicted octanol–water partition coefficient (Wildman–Crippen LogP) is 3.13. The van der Waals surface area contributed by atoms with Crippen molar-refractivity contribution in [1.82, 2.24) is 15.5 Å². The van der Waals surface area contributed by atoms with E-state index in [1.54, 1.807) is 25.3 Å². The van der Waals surface area contributed by atoms with Gasteiger partial charge in [-0.25, -0.2) is 4.39 Å². The average molecular weight is 355 g/mol. The molecular formula is C19H18FN3O3. The number of methoxy groups -OCH3 is 1. The van der Waals surface area contributed by atoms with Crippen molar-refractivity contribution in [3.63, 3.8) is 0 Å². The number of nitrogens with zero attached hydrogens (tertiary/aromatic N) is 2. The average Bonchev–Trinajstić information content (AvgIpc) is 3.15. The monoisotopic (exact) mass is 355 g/mol. The molecule has 0 saturated carbocycles. The number of amides is 1. The first-order valence-electron chi connectivity index (χ1n) is 8.13. The quantitative estimate of drug-likeness (QED) is 0.704. The molecule has 3 rings (SSSR count). The van der Waals surface area contributed by atoms with Crippen LogP contribution in [0.25, 0.3) is 11.4 Å². The van der Waals surface area contributed by atoms with Crippen LogP contribution < -0.4 is 10.1 Å². The number of halogens is 1. The van der Waals surface area contributed by atoms with Gasteiger partial charge in [0, 0.05) is 30.5 Å². The van der Waals surface area contributed by atoms with Gasteiger partial charge in [0.15, 0.2) is 0 Å². The maximum Gasteiger partial charge on any atom is 0.227 e. The van der Waals surface area contributed by atoms with Gasteiger partial charge in [-0.15, -0.1) is 0 Å². The Labute approximate surface area is 150 Å². The summed E-state index contributed by atoms with van der Waals surface area (Å²) in [6.07, 6.45) is 0.491. The van der Waals surface area contributed by atoms with E-state index < -0.39 is 0 Å². The highest BCUT2D eigenvalue weighted by Gasteiger charge is 2.11. The normalized spacial score (nSPS) is 10.5. The maximum absolute atomic E-state index is 13.5. The molecule has 6 nitrogen and oxygen atoms in total. The zero-order chi connectivity index (χ0) is 18.4. The van der Waals surface area contributed by atoms with Crippen molar-refractivity contribution in [2.45, 2.75) is 19.4 Å². The molecule has 0 atom stereocenters. The lowest BCUT2D eigenvalue weighted by Gasteiger charge is -2.05. The van der Waals surface area contributed by atoms with Gasteiger partial charge < -0.3 is 14.6 Å². The fraction of sp³-hybridized carbons (Fsp3) is 0.211. The molecule has 0 saturated heterocycles. The van der Waals surface area contributed by atoms with Crippen LogP contribution in [0, 0.1) is 5.82 Å². The first-order chi connectivity index (χ1) is 12.7. The number of nitrogens with one attached hydrogen (secondary N) is 1. The predicted molar refractivity (Wildman–Crippen MR) is 92.9 cm³/mol. The molecule has 0 radical (unpaired) electrons. The highest BCUT2D eigenvalue weighted by molar-refractivity contribution is 5.76. The van der Waals surface area contributed by atoms with Crippen molar-refractivity contribution in [1.29, 1.82) is 0 Å². The molecule has 1 N–H and O–H groups in total. The standard InChI is InChI=1S/C19H18FN3O3/c1-25-15-8-6-13(7-9-15)19-22-18(26-23-19)11-10-17(24)21-12-14-4-2-3-5-16(14)20/h2-9H,10-12H2,1H3,(H,21,24). The maximum atomic E-state index is 13.5. The minimum atomic E-state index is -0.339. The number of hydrogen-bond donors (Lipinski definition) is 1. The first kappa shape index (κ1) is 17.6. The Hall–Kier alpha value is -3.22. The van der Waals surface area contributed by atoms with Crippen molar-refractivity contribution in [3.8, 4) is 17.1 Å². The van der Waals surface area contributed by atoms with E-state index in [0.717, 1.165) is 11.3 Å². The summed E-state index contributed by atoms with van der Waals surface area (Å²) in [5.74, 6) is 1.02. The zero-order valence-electron chi connectivity index (χ0n) is 14.2. The van der Waals surface area contributed by atoms with Crippen molar-refractivity contribution in [2.24, 2.45) is 0 Å². The number of aromatic nitrogens is 2. The SMILES string of the molecule is COc1ccc(-c2noc(CCC(=O)NCc3ccccc3F)n2)cc1. The van der Waals surface area contributed by atoms with Gasteiger partial charge in [0.2, 0.25) is 17.6 Å². The minimum Gasteiger partial charge on any atom is -0.497 e. The Balaban J connectivity index is 1.51. The van der Waals surface area contributed by atoms with Crippen LogP contribution >= 0.6 is 0 Å². The molecule has 0 spiro atoms. The molecule has 1 heterocycles. The smallest absolute Gasteiger partial charge is 0.227 e. The third kappa shape index (κ3) is 4.44. The van der Waals surface area contributed by atoms with Crippen molar-refractivity contribution in [2.75, 3.05) is 7.11 Å². The number of ether oxygens (including phenoxy) is 1. The minimum absolute atomic E-state index is 0.145. The van der Waals surface area contributed by atoms with Crippen LogP contribution in [-0.2, 0) is 17.8 Å².